The number of hydrogen-bond acceptors (Lipinski definition) is 2. The molecule has 0 aromatic carbocycles. The molecule has 0 spiro atoms. The average molecular weight is 199 g/mol. The van der Waals surface area contributed by atoms with Gasteiger partial charge in [-0.2, -0.15) is 0 Å². The monoisotopic (exact) mass is 199 g/mol. The van der Waals surface area contributed by atoms with E-state index in [0.717, 1.165) is 6.42 Å². The molecule has 0 saturated heterocycles. The molecule has 0 aliphatic rings. The van der Waals surface area contributed by atoms with Crippen LogP contribution in [0.3, 0.4) is 0 Å². The second-order valence-electron chi connectivity index (χ2n) is 4.20. The van der Waals surface area contributed by atoms with Gasteiger partial charge in [0.25, 0.3) is 0 Å². The maximum absolute atomic E-state index is 11.5. The Morgan fingerprint density at radius 1 is 1.21 bits per heavy atom. The van der Waals surface area contributed by atoms with E-state index in [9.17, 15) is 9.59 Å². The van der Waals surface area contributed by atoms with Gasteiger partial charge in [-0.05, 0) is 19.3 Å². The predicted octanol–water partition coefficient (Wildman–Crippen LogP) is 1.86. The molecule has 0 atom stereocenters. The van der Waals surface area contributed by atoms with Crippen LogP contribution in [0.2, 0.25) is 0 Å². The average Bonchev–Trinajstić information content (AvgIpc) is 2.09. The van der Waals surface area contributed by atoms with Crippen molar-refractivity contribution in [3.63, 3.8) is 0 Å². The lowest BCUT2D eigenvalue weighted by molar-refractivity contribution is -0.130. The molecule has 0 bridgehead atoms. The van der Waals surface area contributed by atoms with Gasteiger partial charge < -0.3 is 4.90 Å². The molecule has 0 fully saturated rings. The Morgan fingerprint density at radius 3 is 2.21 bits per heavy atom. The number of carbonyl (C=O) groups excluding carboxylic acids is 2. The smallest absolute Gasteiger partial charge is 0.222 e. The molecule has 0 aromatic rings. The first-order valence-electron chi connectivity index (χ1n) is 5.17. The number of hydrogen-bond donors (Lipinski definition) is 0. The quantitative estimate of drug-likeness (QED) is 0.654. The van der Waals surface area contributed by atoms with Crippen molar-refractivity contribution in [1.82, 2.24) is 4.90 Å². The molecule has 0 N–H and O–H groups in total. The summed E-state index contributed by atoms with van der Waals surface area (Å²) in [5.74, 6) is 0.827. The van der Waals surface area contributed by atoms with Crippen LogP contribution in [-0.2, 0) is 9.59 Å². The minimum atomic E-state index is 0.133. The largest absolute Gasteiger partial charge is 0.345 e. The van der Waals surface area contributed by atoms with Crippen molar-refractivity contribution in [3.8, 4) is 0 Å². The fraction of sp³-hybridized carbons (Fsp3) is 0.818. The lowest BCUT2D eigenvalue weighted by Crippen LogP contribution is -2.28. The zero-order valence-electron chi connectivity index (χ0n) is 9.67. The zero-order chi connectivity index (χ0) is 11.1. The molecular formula is C11H21NO2. The number of rotatable bonds is 6. The van der Waals surface area contributed by atoms with Crippen molar-refractivity contribution < 1.29 is 9.59 Å². The summed E-state index contributed by atoms with van der Waals surface area (Å²) < 4.78 is 0. The number of ketones is 1. The molecule has 0 heterocycles. The first-order valence-corrected chi connectivity index (χ1v) is 5.17. The van der Waals surface area contributed by atoms with Gasteiger partial charge >= 0.3 is 0 Å². The Balaban J connectivity index is 3.70. The topological polar surface area (TPSA) is 37.4 Å². The second kappa shape index (κ2) is 6.57. The van der Waals surface area contributed by atoms with Crippen LogP contribution in [0.4, 0.5) is 0 Å². The van der Waals surface area contributed by atoms with E-state index >= 15 is 0 Å². The van der Waals surface area contributed by atoms with Gasteiger partial charge in [-0.1, -0.05) is 13.8 Å². The Kier molecular flexibility index (Phi) is 6.17. The van der Waals surface area contributed by atoms with Crippen LogP contribution in [-0.4, -0.2) is 30.2 Å². The molecule has 3 heteroatoms. The first-order chi connectivity index (χ1) is 6.43. The van der Waals surface area contributed by atoms with Crippen LogP contribution in [0.5, 0.6) is 0 Å². The van der Waals surface area contributed by atoms with E-state index in [1.807, 2.05) is 0 Å². The molecular weight excluding hydrogens is 178 g/mol. The fourth-order valence-electron chi connectivity index (χ4n) is 1.05. The Morgan fingerprint density at radius 2 is 1.79 bits per heavy atom. The Bertz CT molecular complexity index is 199. The maximum atomic E-state index is 11.5. The van der Waals surface area contributed by atoms with Gasteiger partial charge in [-0.3, -0.25) is 9.59 Å². The zero-order valence-corrected chi connectivity index (χ0v) is 9.67. The van der Waals surface area contributed by atoms with Crippen LogP contribution in [0.1, 0.15) is 40.0 Å². The SMILES string of the molecule is CC(=O)CCN(C)C(=O)CCC(C)C. The summed E-state index contributed by atoms with van der Waals surface area (Å²) in [5, 5.41) is 0. The van der Waals surface area contributed by atoms with E-state index in [0.29, 0.717) is 25.3 Å². The van der Waals surface area contributed by atoms with Crippen LogP contribution < -0.4 is 0 Å². The number of carbonyl (C=O) groups is 2. The van der Waals surface area contributed by atoms with Crippen LogP contribution >= 0.6 is 0 Å². The molecule has 0 aliphatic heterocycles. The first kappa shape index (κ1) is 13.1. The molecule has 0 saturated carbocycles. The van der Waals surface area contributed by atoms with Crippen molar-refractivity contribution >= 4 is 11.7 Å². The molecule has 0 unspecified atom stereocenters. The van der Waals surface area contributed by atoms with E-state index in [2.05, 4.69) is 13.8 Å². The highest BCUT2D eigenvalue weighted by atomic mass is 16.2. The highest BCUT2D eigenvalue weighted by molar-refractivity contribution is 5.78. The van der Waals surface area contributed by atoms with Crippen molar-refractivity contribution in [2.24, 2.45) is 5.92 Å². The maximum Gasteiger partial charge on any atom is 0.222 e. The fourth-order valence-corrected chi connectivity index (χ4v) is 1.05. The molecule has 0 radical (unpaired) electrons. The summed E-state index contributed by atoms with van der Waals surface area (Å²) in [4.78, 5) is 23.8. The summed E-state index contributed by atoms with van der Waals surface area (Å²) >= 11 is 0. The summed E-state index contributed by atoms with van der Waals surface area (Å²) in [7, 11) is 1.76. The molecule has 3 nitrogen and oxygen atoms in total. The number of Topliss-reactive ketones (excluding diaryl/α,β-unsaturated/α-hetero) is 1. The van der Waals surface area contributed by atoms with E-state index in [-0.39, 0.29) is 11.7 Å². The molecule has 1 amide bonds. The molecule has 14 heavy (non-hydrogen) atoms. The van der Waals surface area contributed by atoms with E-state index in [1.165, 1.54) is 0 Å². The van der Waals surface area contributed by atoms with E-state index < -0.39 is 0 Å². The highest BCUT2D eigenvalue weighted by Gasteiger charge is 2.09. The lowest BCUT2D eigenvalue weighted by atomic mass is 10.1. The molecule has 0 rings (SSSR count). The van der Waals surface area contributed by atoms with Gasteiger partial charge in [-0.15, -0.1) is 0 Å². The molecule has 0 aliphatic carbocycles. The third kappa shape index (κ3) is 6.63. The van der Waals surface area contributed by atoms with Crippen molar-refractivity contribution in [1.29, 1.82) is 0 Å². The molecule has 0 aromatic heterocycles. The van der Waals surface area contributed by atoms with Crippen molar-refractivity contribution in [2.75, 3.05) is 13.6 Å². The van der Waals surface area contributed by atoms with Gasteiger partial charge in [0.2, 0.25) is 5.91 Å². The van der Waals surface area contributed by atoms with E-state index in [4.69, 9.17) is 0 Å². The number of amides is 1. The summed E-state index contributed by atoms with van der Waals surface area (Å²) in [6, 6.07) is 0. The van der Waals surface area contributed by atoms with Crippen LogP contribution in [0.15, 0.2) is 0 Å². The normalized spacial score (nSPS) is 10.4. The second-order valence-corrected chi connectivity index (χ2v) is 4.20. The van der Waals surface area contributed by atoms with Gasteiger partial charge in [0.1, 0.15) is 5.78 Å². The highest BCUT2D eigenvalue weighted by Crippen LogP contribution is 2.05. The standard InChI is InChI=1S/C11H21NO2/c1-9(2)5-6-11(14)12(4)8-7-10(3)13/h9H,5-8H2,1-4H3. The summed E-state index contributed by atoms with van der Waals surface area (Å²) in [6.07, 6.45) is 1.97. The van der Waals surface area contributed by atoms with Crippen molar-refractivity contribution in [2.45, 2.75) is 40.0 Å². The van der Waals surface area contributed by atoms with E-state index in [1.54, 1.807) is 18.9 Å². The predicted molar refractivity (Wildman–Crippen MR) is 57.0 cm³/mol. The van der Waals surface area contributed by atoms with Crippen LogP contribution in [0, 0.1) is 5.92 Å². The van der Waals surface area contributed by atoms with Gasteiger partial charge in [0.15, 0.2) is 0 Å². The minimum Gasteiger partial charge on any atom is -0.345 e. The Hall–Kier alpha value is -0.860. The van der Waals surface area contributed by atoms with Gasteiger partial charge in [0, 0.05) is 26.4 Å². The van der Waals surface area contributed by atoms with Crippen molar-refractivity contribution in [3.05, 3.63) is 0 Å². The van der Waals surface area contributed by atoms with Gasteiger partial charge in [-0.25, -0.2) is 0 Å². The summed E-state index contributed by atoms with van der Waals surface area (Å²) in [6.45, 7) is 6.30. The third-order valence-electron chi connectivity index (χ3n) is 2.16. The summed E-state index contributed by atoms with van der Waals surface area (Å²) in [5.41, 5.74) is 0. The Labute approximate surface area is 86.5 Å². The molecule has 82 valence electrons. The third-order valence-corrected chi connectivity index (χ3v) is 2.16. The minimum absolute atomic E-state index is 0.133. The lowest BCUT2D eigenvalue weighted by Gasteiger charge is -2.16. The van der Waals surface area contributed by atoms with Gasteiger partial charge in [0.05, 0.1) is 0 Å². The van der Waals surface area contributed by atoms with Crippen LogP contribution in [0.25, 0.3) is 0 Å². The number of nitrogens with zero attached hydrogens (tertiary/aromatic N) is 1.